The first-order valence-corrected chi connectivity index (χ1v) is 8.50. The summed E-state index contributed by atoms with van der Waals surface area (Å²) in [5.74, 6) is 1.70. The van der Waals surface area contributed by atoms with Gasteiger partial charge in [0.1, 0.15) is 0 Å². The van der Waals surface area contributed by atoms with Crippen LogP contribution in [0.1, 0.15) is 52.9 Å². The second-order valence-electron chi connectivity index (χ2n) is 6.33. The summed E-state index contributed by atoms with van der Waals surface area (Å²) in [7, 11) is 0. The molecule has 1 saturated heterocycles. The van der Waals surface area contributed by atoms with Crippen LogP contribution in [-0.4, -0.2) is 35.1 Å². The number of rotatable bonds is 7. The van der Waals surface area contributed by atoms with Crippen molar-refractivity contribution in [1.29, 1.82) is 0 Å². The summed E-state index contributed by atoms with van der Waals surface area (Å²) in [6, 6.07) is 3.20. The maximum Gasteiger partial charge on any atom is 0.225 e. The number of piperidine rings is 1. The standard InChI is InChI=1S/C17H30N4/c1-4-14(3)13-15(5-2)20-16-7-11-21(12-8-16)17-18-9-6-10-19-17/h6,9-10,14-16,20H,4-5,7-8,11-13H2,1-3H3. The van der Waals surface area contributed by atoms with Crippen LogP contribution in [0.25, 0.3) is 0 Å². The van der Waals surface area contributed by atoms with Crippen LogP contribution in [0.2, 0.25) is 0 Å². The molecule has 4 heteroatoms. The number of anilines is 1. The SMILES string of the molecule is CCC(C)CC(CC)NC1CCN(c2ncccn2)CC1. The third kappa shape index (κ3) is 4.95. The molecule has 1 aromatic rings. The fourth-order valence-corrected chi connectivity index (χ4v) is 3.04. The topological polar surface area (TPSA) is 41.0 Å². The zero-order valence-electron chi connectivity index (χ0n) is 13.8. The van der Waals surface area contributed by atoms with E-state index in [1.54, 1.807) is 0 Å². The lowest BCUT2D eigenvalue weighted by atomic mass is 9.95. The summed E-state index contributed by atoms with van der Waals surface area (Å²) in [4.78, 5) is 11.0. The first-order valence-electron chi connectivity index (χ1n) is 8.50. The molecule has 1 fully saturated rings. The van der Waals surface area contributed by atoms with Gasteiger partial charge in [0, 0.05) is 37.6 Å². The van der Waals surface area contributed by atoms with Crippen LogP contribution in [0.5, 0.6) is 0 Å². The average molecular weight is 290 g/mol. The fraction of sp³-hybridized carbons (Fsp3) is 0.765. The van der Waals surface area contributed by atoms with Gasteiger partial charge in [0.05, 0.1) is 0 Å². The zero-order valence-corrected chi connectivity index (χ0v) is 13.8. The van der Waals surface area contributed by atoms with Gasteiger partial charge in [0.25, 0.3) is 0 Å². The highest BCUT2D eigenvalue weighted by Gasteiger charge is 2.22. The van der Waals surface area contributed by atoms with E-state index in [0.29, 0.717) is 12.1 Å². The first kappa shape index (κ1) is 16.2. The van der Waals surface area contributed by atoms with Crippen molar-refractivity contribution in [2.24, 2.45) is 5.92 Å². The summed E-state index contributed by atoms with van der Waals surface area (Å²) in [6.07, 6.45) is 9.84. The molecule has 2 heterocycles. The van der Waals surface area contributed by atoms with E-state index in [-0.39, 0.29) is 0 Å². The molecule has 21 heavy (non-hydrogen) atoms. The van der Waals surface area contributed by atoms with Gasteiger partial charge in [0.15, 0.2) is 0 Å². The maximum atomic E-state index is 4.35. The van der Waals surface area contributed by atoms with Gasteiger partial charge in [-0.2, -0.15) is 0 Å². The van der Waals surface area contributed by atoms with Gasteiger partial charge in [-0.05, 0) is 37.7 Å². The van der Waals surface area contributed by atoms with Crippen LogP contribution >= 0.6 is 0 Å². The average Bonchev–Trinajstić information content (AvgIpc) is 2.55. The lowest BCUT2D eigenvalue weighted by Gasteiger charge is -2.35. The summed E-state index contributed by atoms with van der Waals surface area (Å²) >= 11 is 0. The minimum Gasteiger partial charge on any atom is -0.341 e. The van der Waals surface area contributed by atoms with Crippen LogP contribution in [0.4, 0.5) is 5.95 Å². The lowest BCUT2D eigenvalue weighted by Crippen LogP contribution is -2.46. The fourth-order valence-electron chi connectivity index (χ4n) is 3.04. The Morgan fingerprint density at radius 3 is 2.43 bits per heavy atom. The van der Waals surface area contributed by atoms with Crippen molar-refractivity contribution in [3.63, 3.8) is 0 Å². The van der Waals surface area contributed by atoms with Crippen molar-refractivity contribution >= 4 is 5.95 Å². The number of aromatic nitrogens is 2. The number of nitrogens with zero attached hydrogens (tertiary/aromatic N) is 3. The minimum absolute atomic E-state index is 0.652. The minimum atomic E-state index is 0.652. The molecular formula is C17H30N4. The predicted octanol–water partition coefficient (Wildman–Crippen LogP) is 3.25. The molecule has 1 aliphatic rings. The lowest BCUT2D eigenvalue weighted by molar-refractivity contribution is 0.316. The van der Waals surface area contributed by atoms with E-state index in [9.17, 15) is 0 Å². The van der Waals surface area contributed by atoms with Crippen LogP contribution in [-0.2, 0) is 0 Å². The largest absolute Gasteiger partial charge is 0.341 e. The Bertz CT molecular complexity index is 387. The first-order chi connectivity index (χ1) is 10.2. The number of nitrogens with one attached hydrogen (secondary N) is 1. The molecule has 0 spiro atoms. The molecule has 1 N–H and O–H groups in total. The van der Waals surface area contributed by atoms with Crippen molar-refractivity contribution in [2.75, 3.05) is 18.0 Å². The monoisotopic (exact) mass is 290 g/mol. The second-order valence-corrected chi connectivity index (χ2v) is 6.33. The van der Waals surface area contributed by atoms with Gasteiger partial charge < -0.3 is 10.2 Å². The molecule has 4 nitrogen and oxygen atoms in total. The molecule has 2 unspecified atom stereocenters. The molecule has 1 aliphatic heterocycles. The Labute approximate surface area is 129 Å². The molecule has 2 rings (SSSR count). The van der Waals surface area contributed by atoms with Gasteiger partial charge in [-0.3, -0.25) is 0 Å². The normalized spacial score (nSPS) is 19.5. The van der Waals surface area contributed by atoms with Crippen LogP contribution in [0.3, 0.4) is 0 Å². The highest BCUT2D eigenvalue weighted by Crippen LogP contribution is 2.18. The smallest absolute Gasteiger partial charge is 0.225 e. The van der Waals surface area contributed by atoms with Gasteiger partial charge in [-0.1, -0.05) is 27.2 Å². The molecule has 1 aromatic heterocycles. The Hall–Kier alpha value is -1.16. The molecule has 0 aromatic carbocycles. The molecule has 0 saturated carbocycles. The van der Waals surface area contributed by atoms with Crippen molar-refractivity contribution < 1.29 is 0 Å². The Morgan fingerprint density at radius 1 is 1.19 bits per heavy atom. The number of hydrogen-bond donors (Lipinski definition) is 1. The molecule has 2 atom stereocenters. The van der Waals surface area contributed by atoms with E-state index in [1.807, 2.05) is 18.5 Å². The summed E-state index contributed by atoms with van der Waals surface area (Å²) in [5.41, 5.74) is 0. The van der Waals surface area contributed by atoms with Crippen molar-refractivity contribution in [3.05, 3.63) is 18.5 Å². The second kappa shape index (κ2) is 8.32. The van der Waals surface area contributed by atoms with E-state index in [0.717, 1.165) is 25.0 Å². The Kier molecular flexibility index (Phi) is 6.43. The summed E-state index contributed by atoms with van der Waals surface area (Å²) in [6.45, 7) is 9.06. The van der Waals surface area contributed by atoms with Crippen LogP contribution in [0, 0.1) is 5.92 Å². The third-order valence-electron chi connectivity index (χ3n) is 4.68. The van der Waals surface area contributed by atoms with E-state index < -0.39 is 0 Å². The van der Waals surface area contributed by atoms with E-state index in [2.05, 4.69) is 41.0 Å². The van der Waals surface area contributed by atoms with Gasteiger partial charge in [-0.15, -0.1) is 0 Å². The maximum absolute atomic E-state index is 4.35. The van der Waals surface area contributed by atoms with Crippen LogP contribution < -0.4 is 10.2 Å². The van der Waals surface area contributed by atoms with Crippen molar-refractivity contribution in [3.8, 4) is 0 Å². The molecule has 0 amide bonds. The van der Waals surface area contributed by atoms with E-state index in [4.69, 9.17) is 0 Å². The molecule has 118 valence electrons. The number of hydrogen-bond acceptors (Lipinski definition) is 4. The van der Waals surface area contributed by atoms with Crippen molar-refractivity contribution in [2.45, 2.75) is 65.0 Å². The third-order valence-corrected chi connectivity index (χ3v) is 4.68. The zero-order chi connectivity index (χ0) is 15.1. The Balaban J connectivity index is 1.78. The van der Waals surface area contributed by atoms with Gasteiger partial charge in [0.2, 0.25) is 5.95 Å². The quantitative estimate of drug-likeness (QED) is 0.837. The molecule has 0 aliphatic carbocycles. The van der Waals surface area contributed by atoms with Gasteiger partial charge in [-0.25, -0.2) is 9.97 Å². The Morgan fingerprint density at radius 2 is 1.86 bits per heavy atom. The van der Waals surface area contributed by atoms with Crippen molar-refractivity contribution in [1.82, 2.24) is 15.3 Å². The summed E-state index contributed by atoms with van der Waals surface area (Å²) in [5, 5.41) is 3.88. The van der Waals surface area contributed by atoms with E-state index in [1.165, 1.54) is 32.1 Å². The molecule has 0 radical (unpaired) electrons. The predicted molar refractivity (Wildman–Crippen MR) is 88.6 cm³/mol. The van der Waals surface area contributed by atoms with E-state index >= 15 is 0 Å². The highest BCUT2D eigenvalue weighted by molar-refractivity contribution is 5.29. The van der Waals surface area contributed by atoms with Crippen LogP contribution in [0.15, 0.2) is 18.5 Å². The highest BCUT2D eigenvalue weighted by atomic mass is 15.3. The summed E-state index contributed by atoms with van der Waals surface area (Å²) < 4.78 is 0. The van der Waals surface area contributed by atoms with Gasteiger partial charge >= 0.3 is 0 Å². The molecule has 0 bridgehead atoms. The molecular weight excluding hydrogens is 260 g/mol.